The Morgan fingerprint density at radius 3 is 2.96 bits per heavy atom. The van der Waals surface area contributed by atoms with Crippen molar-refractivity contribution in [2.45, 2.75) is 51.5 Å². The van der Waals surface area contributed by atoms with Gasteiger partial charge in [-0.15, -0.1) is 10.2 Å². The number of rotatable bonds is 6. The summed E-state index contributed by atoms with van der Waals surface area (Å²) in [6.07, 6.45) is 6.11. The van der Waals surface area contributed by atoms with Crippen LogP contribution >= 0.6 is 0 Å². The van der Waals surface area contributed by atoms with E-state index < -0.39 is 0 Å². The number of aromatic nitrogens is 4. The maximum Gasteiger partial charge on any atom is 0.223 e. The first kappa shape index (κ1) is 17.3. The van der Waals surface area contributed by atoms with E-state index in [0.29, 0.717) is 30.4 Å². The van der Waals surface area contributed by atoms with E-state index in [2.05, 4.69) is 25.5 Å². The molecular formula is C17H24N6O2. The summed E-state index contributed by atoms with van der Waals surface area (Å²) in [6.45, 7) is 4.74. The highest BCUT2D eigenvalue weighted by Crippen LogP contribution is 2.31. The molecule has 2 aromatic heterocycles. The molecule has 8 heteroatoms. The van der Waals surface area contributed by atoms with Gasteiger partial charge in [0.2, 0.25) is 17.7 Å². The first-order chi connectivity index (χ1) is 12.1. The van der Waals surface area contributed by atoms with Gasteiger partial charge in [0.05, 0.1) is 24.1 Å². The molecule has 3 rings (SSSR count). The maximum atomic E-state index is 12.7. The summed E-state index contributed by atoms with van der Waals surface area (Å²) in [6, 6.07) is -0.0118. The van der Waals surface area contributed by atoms with Crippen molar-refractivity contribution < 1.29 is 9.21 Å². The van der Waals surface area contributed by atoms with Gasteiger partial charge in [0.25, 0.3) is 0 Å². The Balaban J connectivity index is 1.63. The summed E-state index contributed by atoms with van der Waals surface area (Å²) >= 11 is 0. The van der Waals surface area contributed by atoms with E-state index in [1.807, 2.05) is 18.7 Å². The van der Waals surface area contributed by atoms with Gasteiger partial charge in [-0.1, -0.05) is 13.8 Å². The van der Waals surface area contributed by atoms with Gasteiger partial charge >= 0.3 is 0 Å². The van der Waals surface area contributed by atoms with Crippen molar-refractivity contribution >= 4 is 11.7 Å². The standard InChI is InChI=1S/C17H24N6O2/c1-11(2)17-22-21-15(25-17)6-7-16(24)23-8-4-5-13(23)12-9-19-10-14(18-3)20-12/h9-11,13H,4-8H2,1-3H3,(H,18,20). The predicted octanol–water partition coefficient (Wildman–Crippen LogP) is 2.32. The van der Waals surface area contributed by atoms with E-state index in [0.717, 1.165) is 25.1 Å². The Morgan fingerprint density at radius 1 is 1.40 bits per heavy atom. The molecule has 1 N–H and O–H groups in total. The van der Waals surface area contributed by atoms with Crippen LogP contribution < -0.4 is 5.32 Å². The molecule has 2 aromatic rings. The molecular weight excluding hydrogens is 320 g/mol. The monoisotopic (exact) mass is 344 g/mol. The summed E-state index contributed by atoms with van der Waals surface area (Å²) in [7, 11) is 1.81. The van der Waals surface area contributed by atoms with Gasteiger partial charge in [-0.2, -0.15) is 0 Å². The molecule has 0 aromatic carbocycles. The second-order valence-corrected chi connectivity index (χ2v) is 6.51. The summed E-state index contributed by atoms with van der Waals surface area (Å²) in [4.78, 5) is 23.3. The van der Waals surface area contributed by atoms with Crippen molar-refractivity contribution in [1.29, 1.82) is 0 Å². The molecule has 1 aliphatic heterocycles. The fraction of sp³-hybridized carbons (Fsp3) is 0.588. The summed E-state index contributed by atoms with van der Waals surface area (Å²) in [5, 5.41) is 11.0. The minimum atomic E-state index is -0.0118. The lowest BCUT2D eigenvalue weighted by Gasteiger charge is -2.24. The zero-order chi connectivity index (χ0) is 17.8. The van der Waals surface area contributed by atoms with Crippen LogP contribution in [0.4, 0.5) is 5.82 Å². The Labute approximate surface area is 147 Å². The van der Waals surface area contributed by atoms with Gasteiger partial charge < -0.3 is 14.6 Å². The number of amides is 1. The van der Waals surface area contributed by atoms with E-state index in [1.54, 1.807) is 19.4 Å². The number of nitrogens with one attached hydrogen (secondary N) is 1. The number of likely N-dealkylation sites (tertiary alicyclic amines) is 1. The number of carbonyl (C=O) groups excluding carboxylic acids is 1. The van der Waals surface area contributed by atoms with Crippen molar-refractivity contribution in [1.82, 2.24) is 25.1 Å². The zero-order valence-electron chi connectivity index (χ0n) is 14.9. The second-order valence-electron chi connectivity index (χ2n) is 6.51. The molecule has 3 heterocycles. The third-order valence-corrected chi connectivity index (χ3v) is 4.35. The molecule has 1 unspecified atom stereocenters. The first-order valence-corrected chi connectivity index (χ1v) is 8.70. The largest absolute Gasteiger partial charge is 0.425 e. The van der Waals surface area contributed by atoms with Crippen LogP contribution in [0.1, 0.15) is 62.5 Å². The first-order valence-electron chi connectivity index (χ1n) is 8.70. The third kappa shape index (κ3) is 3.94. The van der Waals surface area contributed by atoms with Crippen molar-refractivity contribution in [3.05, 3.63) is 29.9 Å². The number of anilines is 1. The van der Waals surface area contributed by atoms with Crippen LogP contribution in [0.2, 0.25) is 0 Å². The fourth-order valence-corrected chi connectivity index (χ4v) is 2.99. The predicted molar refractivity (Wildman–Crippen MR) is 92.0 cm³/mol. The van der Waals surface area contributed by atoms with Crippen molar-refractivity contribution in [2.75, 3.05) is 18.9 Å². The number of hydrogen-bond donors (Lipinski definition) is 1. The molecule has 1 saturated heterocycles. The van der Waals surface area contributed by atoms with Crippen LogP contribution in [-0.4, -0.2) is 44.6 Å². The quantitative estimate of drug-likeness (QED) is 0.859. The van der Waals surface area contributed by atoms with Crippen LogP contribution in [0.25, 0.3) is 0 Å². The molecule has 0 saturated carbocycles. The van der Waals surface area contributed by atoms with Crippen LogP contribution in [0.15, 0.2) is 16.8 Å². The molecule has 1 atom stereocenters. The molecule has 0 spiro atoms. The average Bonchev–Trinajstić information content (AvgIpc) is 3.29. The summed E-state index contributed by atoms with van der Waals surface area (Å²) in [5.74, 6) is 2.12. The highest BCUT2D eigenvalue weighted by molar-refractivity contribution is 5.77. The second kappa shape index (κ2) is 7.58. The van der Waals surface area contributed by atoms with Crippen LogP contribution in [0.5, 0.6) is 0 Å². The summed E-state index contributed by atoms with van der Waals surface area (Å²) < 4.78 is 5.58. The minimum absolute atomic E-state index is 0.0118. The molecule has 1 aliphatic rings. The van der Waals surface area contributed by atoms with Gasteiger partial charge in [0.1, 0.15) is 5.82 Å². The van der Waals surface area contributed by atoms with Gasteiger partial charge in [-0.3, -0.25) is 9.78 Å². The molecule has 134 valence electrons. The molecule has 25 heavy (non-hydrogen) atoms. The molecule has 1 fully saturated rings. The average molecular weight is 344 g/mol. The van der Waals surface area contributed by atoms with Gasteiger partial charge in [-0.25, -0.2) is 4.98 Å². The molecule has 0 radical (unpaired) electrons. The van der Waals surface area contributed by atoms with Crippen LogP contribution in [0.3, 0.4) is 0 Å². The number of carbonyl (C=O) groups is 1. The highest BCUT2D eigenvalue weighted by Gasteiger charge is 2.31. The van der Waals surface area contributed by atoms with Gasteiger partial charge in [0.15, 0.2) is 0 Å². The van der Waals surface area contributed by atoms with Gasteiger partial charge in [0, 0.05) is 32.4 Å². The Hall–Kier alpha value is -2.51. The molecule has 1 amide bonds. The Bertz CT molecular complexity index is 729. The molecule has 0 aliphatic carbocycles. The number of nitrogens with zero attached hydrogens (tertiary/aromatic N) is 5. The maximum absolute atomic E-state index is 12.7. The SMILES string of the molecule is CNc1cncc(C2CCCN2C(=O)CCc2nnc(C(C)C)o2)n1. The normalized spacial score (nSPS) is 17.3. The van der Waals surface area contributed by atoms with Gasteiger partial charge in [-0.05, 0) is 12.8 Å². The van der Waals surface area contributed by atoms with Crippen LogP contribution in [-0.2, 0) is 11.2 Å². The minimum Gasteiger partial charge on any atom is -0.425 e. The molecule has 8 nitrogen and oxygen atoms in total. The van der Waals surface area contributed by atoms with E-state index in [9.17, 15) is 4.79 Å². The van der Waals surface area contributed by atoms with E-state index in [1.165, 1.54) is 0 Å². The lowest BCUT2D eigenvalue weighted by molar-refractivity contribution is -0.132. The van der Waals surface area contributed by atoms with Crippen molar-refractivity contribution in [2.24, 2.45) is 0 Å². The topological polar surface area (TPSA) is 97.0 Å². The number of hydrogen-bond acceptors (Lipinski definition) is 7. The smallest absolute Gasteiger partial charge is 0.223 e. The number of aryl methyl sites for hydroxylation is 1. The van der Waals surface area contributed by atoms with E-state index in [4.69, 9.17) is 4.42 Å². The lowest BCUT2D eigenvalue weighted by Crippen LogP contribution is -2.31. The lowest BCUT2D eigenvalue weighted by atomic mass is 10.1. The highest BCUT2D eigenvalue weighted by atomic mass is 16.4. The van der Waals surface area contributed by atoms with Crippen LogP contribution in [0, 0.1) is 0 Å². The Morgan fingerprint density at radius 2 is 2.24 bits per heavy atom. The molecule has 0 bridgehead atoms. The fourth-order valence-electron chi connectivity index (χ4n) is 2.99. The van der Waals surface area contributed by atoms with E-state index >= 15 is 0 Å². The Kier molecular flexibility index (Phi) is 5.25. The van der Waals surface area contributed by atoms with Crippen molar-refractivity contribution in [3.8, 4) is 0 Å². The third-order valence-electron chi connectivity index (χ3n) is 4.35. The van der Waals surface area contributed by atoms with E-state index in [-0.39, 0.29) is 17.9 Å². The van der Waals surface area contributed by atoms with Crippen molar-refractivity contribution in [3.63, 3.8) is 0 Å². The zero-order valence-corrected chi connectivity index (χ0v) is 14.9. The summed E-state index contributed by atoms with van der Waals surface area (Å²) in [5.41, 5.74) is 0.831.